The maximum atomic E-state index is 12.0. The summed E-state index contributed by atoms with van der Waals surface area (Å²) in [7, 11) is 4.34. The number of amides is 1. The fourth-order valence-corrected chi connectivity index (χ4v) is 2.79. The van der Waals surface area contributed by atoms with E-state index < -0.39 is 0 Å². The zero-order valence-electron chi connectivity index (χ0n) is 17.5. The zero-order valence-corrected chi connectivity index (χ0v) is 18.7. The molecule has 0 rings (SSSR count). The van der Waals surface area contributed by atoms with E-state index in [1.54, 1.807) is 6.92 Å². The van der Waals surface area contributed by atoms with E-state index in [0.717, 1.165) is 25.7 Å². The Balaban J connectivity index is 3.87. The first-order valence-corrected chi connectivity index (χ1v) is 10.2. The van der Waals surface area contributed by atoms with Crippen LogP contribution in [0.4, 0.5) is 0 Å². The lowest BCUT2D eigenvalue weighted by molar-refractivity contribution is -0.123. The Bertz CT molecular complexity index is 428. The number of hydrogen-bond acceptors (Lipinski definition) is 5. The van der Waals surface area contributed by atoms with E-state index in [0.29, 0.717) is 26.0 Å². The van der Waals surface area contributed by atoms with Gasteiger partial charge in [-0.2, -0.15) is 0 Å². The summed E-state index contributed by atoms with van der Waals surface area (Å²) < 4.78 is 5.96. The van der Waals surface area contributed by atoms with E-state index in [4.69, 9.17) is 4.74 Å². The van der Waals surface area contributed by atoms with Crippen LogP contribution in [0.1, 0.15) is 73.1 Å². The van der Waals surface area contributed by atoms with Crippen molar-refractivity contribution in [3.63, 3.8) is 0 Å². The van der Waals surface area contributed by atoms with Crippen molar-refractivity contribution >= 4 is 21.1 Å². The van der Waals surface area contributed by atoms with Crippen LogP contribution in [0.25, 0.3) is 0 Å². The van der Waals surface area contributed by atoms with Crippen molar-refractivity contribution < 1.29 is 14.3 Å². The highest BCUT2D eigenvalue weighted by Crippen LogP contribution is 2.18. The predicted octanol–water partition coefficient (Wildman–Crippen LogP) is 2.57. The van der Waals surface area contributed by atoms with Crippen LogP contribution in [0, 0.1) is 0 Å². The molecule has 0 bridgehead atoms. The Morgan fingerprint density at radius 1 is 1.12 bits per heavy atom. The van der Waals surface area contributed by atoms with Crippen molar-refractivity contribution in [1.29, 1.82) is 0 Å². The summed E-state index contributed by atoms with van der Waals surface area (Å²) >= 11 is 0. The molecule has 0 aliphatic rings. The molecule has 0 aliphatic heterocycles. The first-order valence-electron chi connectivity index (χ1n) is 9.59. The lowest BCUT2D eigenvalue weighted by atomic mass is 10.00. The summed E-state index contributed by atoms with van der Waals surface area (Å²) in [5, 5.41) is 9.14. The summed E-state index contributed by atoms with van der Waals surface area (Å²) in [5.41, 5.74) is -0.249. The van der Waals surface area contributed by atoms with E-state index in [-0.39, 0.29) is 28.9 Å². The van der Waals surface area contributed by atoms with Crippen LogP contribution in [0.5, 0.6) is 0 Å². The largest absolute Gasteiger partial charge is 0.375 e. The number of ketones is 1. The number of Topliss-reactive ketones (excluding diaryl/α,β-unsaturated/α-hetero) is 1. The van der Waals surface area contributed by atoms with Gasteiger partial charge >= 0.3 is 0 Å². The van der Waals surface area contributed by atoms with Crippen molar-refractivity contribution in [3.8, 4) is 0 Å². The maximum absolute atomic E-state index is 12.0. The standard InChI is InChI=1S/C19H40N3O3P/c1-15(23)16(22-26)9-7-8-13-21-17(24)10-11-19(4,5)25-14-12-18(2,3)20-6/h16,20,22H,7-14,26H2,1-6H3,(H,21,24). The number of carbonyl (C=O) groups is 2. The van der Waals surface area contributed by atoms with Gasteiger partial charge in [0.1, 0.15) is 5.78 Å². The van der Waals surface area contributed by atoms with Gasteiger partial charge in [0.05, 0.1) is 11.6 Å². The summed E-state index contributed by atoms with van der Waals surface area (Å²) in [5.74, 6) is 0.203. The minimum atomic E-state index is -0.305. The van der Waals surface area contributed by atoms with E-state index in [1.807, 2.05) is 20.9 Å². The summed E-state index contributed by atoms with van der Waals surface area (Å²) in [6.07, 6.45) is 4.65. The van der Waals surface area contributed by atoms with E-state index >= 15 is 0 Å². The average Bonchev–Trinajstić information content (AvgIpc) is 2.55. The molecular formula is C19H40N3O3P. The quantitative estimate of drug-likeness (QED) is 0.296. The molecule has 0 aromatic heterocycles. The van der Waals surface area contributed by atoms with E-state index in [1.165, 1.54) is 0 Å². The number of rotatable bonds is 15. The molecule has 2 atom stereocenters. The van der Waals surface area contributed by atoms with Gasteiger partial charge in [-0.05, 0) is 73.8 Å². The highest BCUT2D eigenvalue weighted by Gasteiger charge is 2.22. The number of hydrogen-bond donors (Lipinski definition) is 3. The molecule has 0 fully saturated rings. The van der Waals surface area contributed by atoms with Crippen LogP contribution in [0.2, 0.25) is 0 Å². The van der Waals surface area contributed by atoms with Crippen LogP contribution < -0.4 is 15.7 Å². The second-order valence-corrected chi connectivity index (χ2v) is 8.50. The van der Waals surface area contributed by atoms with Crippen molar-refractivity contribution in [3.05, 3.63) is 0 Å². The third kappa shape index (κ3) is 12.7. The predicted molar refractivity (Wildman–Crippen MR) is 111 cm³/mol. The van der Waals surface area contributed by atoms with Gasteiger partial charge in [-0.25, -0.2) is 0 Å². The first-order chi connectivity index (χ1) is 12.0. The molecule has 0 spiro atoms. The monoisotopic (exact) mass is 389 g/mol. The number of nitrogens with one attached hydrogen (secondary N) is 3. The molecule has 6 nitrogen and oxygen atoms in total. The lowest BCUT2D eigenvalue weighted by Crippen LogP contribution is -2.38. The highest BCUT2D eigenvalue weighted by molar-refractivity contribution is 7.13. The topological polar surface area (TPSA) is 79.5 Å². The van der Waals surface area contributed by atoms with Gasteiger partial charge in [-0.15, -0.1) is 0 Å². The molecule has 0 heterocycles. The molecule has 0 saturated carbocycles. The van der Waals surface area contributed by atoms with Gasteiger partial charge in [0.2, 0.25) is 5.91 Å². The summed E-state index contributed by atoms with van der Waals surface area (Å²) in [6, 6.07) is -0.110. The van der Waals surface area contributed by atoms with Crippen LogP contribution in [-0.4, -0.2) is 49.1 Å². The molecule has 0 aromatic rings. The second-order valence-electron chi connectivity index (χ2n) is 8.17. The van der Waals surface area contributed by atoms with E-state index in [9.17, 15) is 9.59 Å². The third-order valence-electron chi connectivity index (χ3n) is 4.78. The lowest BCUT2D eigenvalue weighted by Gasteiger charge is -2.29. The first kappa shape index (κ1) is 25.4. The molecule has 0 saturated heterocycles. The Morgan fingerprint density at radius 2 is 1.77 bits per heavy atom. The molecular weight excluding hydrogens is 349 g/mol. The van der Waals surface area contributed by atoms with Crippen molar-refractivity contribution in [2.24, 2.45) is 0 Å². The second kappa shape index (κ2) is 12.8. The smallest absolute Gasteiger partial charge is 0.220 e. The van der Waals surface area contributed by atoms with Gasteiger partial charge in [0, 0.05) is 25.1 Å². The molecule has 154 valence electrons. The molecule has 0 aliphatic carbocycles. The molecule has 3 N–H and O–H groups in total. The normalized spacial score (nSPS) is 13.5. The molecule has 0 radical (unpaired) electrons. The van der Waals surface area contributed by atoms with Gasteiger partial charge in [0.25, 0.3) is 0 Å². The Morgan fingerprint density at radius 3 is 2.31 bits per heavy atom. The molecule has 2 unspecified atom stereocenters. The number of carbonyl (C=O) groups excluding carboxylic acids is 2. The van der Waals surface area contributed by atoms with Crippen molar-refractivity contribution in [2.75, 3.05) is 20.2 Å². The minimum absolute atomic E-state index is 0.0564. The Hall–Kier alpha value is -0.550. The zero-order chi connectivity index (χ0) is 20.2. The Labute approximate surface area is 162 Å². The molecule has 26 heavy (non-hydrogen) atoms. The van der Waals surface area contributed by atoms with Crippen molar-refractivity contribution in [2.45, 2.75) is 90.3 Å². The Kier molecular flexibility index (Phi) is 12.5. The summed E-state index contributed by atoms with van der Waals surface area (Å²) in [6.45, 7) is 11.3. The van der Waals surface area contributed by atoms with Crippen LogP contribution >= 0.6 is 9.39 Å². The van der Waals surface area contributed by atoms with Crippen LogP contribution in [0.3, 0.4) is 0 Å². The van der Waals surface area contributed by atoms with Crippen LogP contribution in [0.15, 0.2) is 0 Å². The fourth-order valence-electron chi connectivity index (χ4n) is 2.39. The molecule has 7 heteroatoms. The van der Waals surface area contributed by atoms with Crippen molar-refractivity contribution in [1.82, 2.24) is 15.7 Å². The molecule has 1 amide bonds. The van der Waals surface area contributed by atoms with Gasteiger partial charge in [-0.3, -0.25) is 14.7 Å². The van der Waals surface area contributed by atoms with Crippen LogP contribution in [-0.2, 0) is 14.3 Å². The summed E-state index contributed by atoms with van der Waals surface area (Å²) in [4.78, 5) is 23.3. The average molecular weight is 390 g/mol. The maximum Gasteiger partial charge on any atom is 0.220 e. The molecule has 0 aromatic carbocycles. The highest BCUT2D eigenvalue weighted by atomic mass is 31.0. The van der Waals surface area contributed by atoms with Gasteiger partial charge in [-0.1, -0.05) is 9.39 Å². The number of ether oxygens (including phenoxy) is 1. The van der Waals surface area contributed by atoms with Gasteiger partial charge in [0.15, 0.2) is 0 Å². The third-order valence-corrected chi connectivity index (χ3v) is 5.19. The fraction of sp³-hybridized carbons (Fsp3) is 0.895. The van der Waals surface area contributed by atoms with E-state index in [2.05, 4.69) is 39.0 Å². The number of unbranched alkanes of at least 4 members (excludes halogenated alkanes) is 1. The van der Waals surface area contributed by atoms with Gasteiger partial charge < -0.3 is 15.4 Å². The minimum Gasteiger partial charge on any atom is -0.375 e. The SMILES string of the molecule is CNC(C)(C)CCOC(C)(C)CCC(=O)NCCCCC(NP)C(C)=O.